The lowest BCUT2D eigenvalue weighted by Crippen LogP contribution is -2.61. The van der Waals surface area contributed by atoms with Gasteiger partial charge in [0.25, 0.3) is 5.91 Å². The number of hydrogen-bond donors (Lipinski definition) is 13. The van der Waals surface area contributed by atoms with E-state index in [-0.39, 0.29) is 95.0 Å². The van der Waals surface area contributed by atoms with Crippen molar-refractivity contribution in [3.05, 3.63) is 156 Å². The second kappa shape index (κ2) is 47.8. The normalized spacial score (nSPS) is 28.4. The van der Waals surface area contributed by atoms with Crippen LogP contribution in [-0.4, -0.2) is 225 Å². The van der Waals surface area contributed by atoms with Crippen LogP contribution in [0.1, 0.15) is 222 Å². The molecule has 0 bridgehead atoms. The molecule has 4 aliphatic heterocycles. The zero-order chi connectivity index (χ0) is 99.7. The molecule has 6 fully saturated rings. The first-order valence-corrected chi connectivity index (χ1v) is 52.9. The van der Waals surface area contributed by atoms with Gasteiger partial charge in [0.2, 0.25) is 53.2 Å². The maximum absolute atomic E-state index is 16.0. The molecule has 5 aliphatic carbocycles. The fourth-order valence-electron chi connectivity index (χ4n) is 22.9. The molecule has 13 N–H and O–H groups in total. The van der Waals surface area contributed by atoms with E-state index in [0.29, 0.717) is 96.8 Å². The summed E-state index contributed by atoms with van der Waals surface area (Å²) in [5.41, 5.74) is 2.97. The number of phenolic OH excluding ortho intramolecular Hbond substituents is 1. The number of aromatic hydroxyl groups is 1. The average Bonchev–Trinajstić information content (AvgIpc) is 1.64. The van der Waals surface area contributed by atoms with Crippen LogP contribution in [0.2, 0.25) is 0 Å². The number of esters is 1. The van der Waals surface area contributed by atoms with E-state index < -0.39 is 168 Å². The van der Waals surface area contributed by atoms with Crippen molar-refractivity contribution >= 4 is 109 Å². The number of hydrogen-bond acceptors (Lipinski definition) is 21. The quantitative estimate of drug-likeness (QED) is 0.00758. The summed E-state index contributed by atoms with van der Waals surface area (Å²) in [6.45, 7) is 21.4. The molecule has 3 saturated carbocycles. The summed E-state index contributed by atoms with van der Waals surface area (Å²) in [6, 6.07) is 8.15. The van der Waals surface area contributed by atoms with Crippen LogP contribution in [0.15, 0.2) is 139 Å². The Morgan fingerprint density at radius 2 is 1.41 bits per heavy atom. The minimum Gasteiger partial charge on any atom is -0.508 e. The summed E-state index contributed by atoms with van der Waals surface area (Å²) in [6.07, 6.45) is 26.1. The third-order valence-electron chi connectivity index (χ3n) is 30.4. The standard InChI is InChI=1S/C106H146N14O17S2.2H2/c1-62(2)23-19-24-64(5)77-41-42-78-76-40-37-72-55-74(43-45-105(72,10)79(76)44-46-106(77,78)11)136-90(124)58-110-99(131)92(65(6)121)117-97(129)86-61-139-138-60-85(114-95(127)84(53-67-33-36-68-25-13-14-26-69(68)51-67)113-98(130)87-31-21-49-119(87)102(134)88-32-22-50-120(88)101(133)70-27-20-48-118(12)59-70)96(128)112-83(52-66-34-38-73(122)39-35-66)94(126)111-82(54-71-56-108-80-29-16-15-28-75(71)80)89(123)57-109-81(93(125)116-91(63(3)4)100(132)115-86)30-17-18-47-107-103(135)137-104(7,8)9;;/h13-16,20,25-29,33-39,48,51,56,59,62-65,74-88,91-92,108-109,121H,17-19,21-24,30-32,40-47,49-50,52-55,57-58,60-61H2,1-12H3,(H9-,107,110,111,112,113,114,115,116,117,122,125,126,127,128,129,130,131,132,135);2*1H/p+1/i;2*1+1. The third kappa shape index (κ3) is 27.2. The van der Waals surface area contributed by atoms with Crippen molar-refractivity contribution in [3.8, 4) is 5.75 Å². The molecule has 31 nitrogen and oxygen atoms in total. The van der Waals surface area contributed by atoms with E-state index in [0.717, 1.165) is 56.7 Å². The smallest absolute Gasteiger partial charge is 0.407 e. The molecule has 13 rings (SSSR count). The number of benzene rings is 3. The van der Waals surface area contributed by atoms with Crippen molar-refractivity contribution in [2.45, 2.75) is 295 Å². The molecular weight excluding hydrogens is 1810 g/mol. The summed E-state index contributed by atoms with van der Waals surface area (Å²) in [7, 11) is 3.67. The number of fused-ring (bicyclic) bond motifs is 7. The van der Waals surface area contributed by atoms with Gasteiger partial charge < -0.3 is 82.7 Å². The molecule has 9 aliphatic rings. The third-order valence-corrected chi connectivity index (χ3v) is 32.8. The first kappa shape index (κ1) is 106. The second-order valence-corrected chi connectivity index (χ2v) is 44.8. The molecule has 11 amide bonds. The topological polar surface area (TPSA) is 424 Å². The number of allylic oxidation sites excluding steroid dienone is 3. The van der Waals surface area contributed by atoms with Crippen LogP contribution in [0.25, 0.3) is 10.8 Å². The number of carbonyl (C=O) groups is 13. The molecule has 1 aromatic heterocycles. The number of likely N-dealkylation sites (tertiary alicyclic amines) is 2. The lowest BCUT2D eigenvalue weighted by atomic mass is 9.47. The minimum absolute atomic E-state index is 0. The fourth-order valence-corrected chi connectivity index (χ4v) is 25.2. The Morgan fingerprint density at radius 3 is 2.15 bits per heavy atom. The Labute approximate surface area is 828 Å². The number of nitrogens with one attached hydrogen (secondary N) is 11. The molecule has 21 unspecified atom stereocenters. The number of aliphatic hydroxyl groups excluding tert-OH is 1. The van der Waals surface area contributed by atoms with Gasteiger partial charge in [-0.25, -0.2) is 9.36 Å². The SMILES string of the molecule is CC(C)CCCC(C)C1CCC2C3CC=C4CC(OC(=O)CNC(=O)C(NC(=O)C5CSSCC(NC(=O)C(Cc6ccc7ccccc7c6)NC(=O)C6CCCN6C(=O)C6CCCN6C(=O)c6ccc[n+](C)c6)C(=O)NC(Cc6ccc(O)cc6)C(=O)NC(CC6=CNC7C=CC=CC67)C(=O)CNC(CCCCNC(=O)OC(C)(C)C)C(=O)NC(C(C)C)C(=O)N5)C(C)O)CCC4(C)C3CCC12C.[2HH].[2HH]. The number of aliphatic hydroxyl groups is 1. The first-order chi connectivity index (χ1) is 66.3. The minimum atomic E-state index is -1.75. The number of ether oxygens (including phenoxy) is 2. The van der Waals surface area contributed by atoms with E-state index in [1.54, 1.807) is 100 Å². The van der Waals surface area contributed by atoms with Crippen molar-refractivity contribution in [3.63, 3.8) is 0 Å². The molecule has 4 aromatic rings. The lowest BCUT2D eigenvalue weighted by Gasteiger charge is -2.58. The maximum atomic E-state index is 16.0. The van der Waals surface area contributed by atoms with E-state index in [9.17, 15) is 34.2 Å². The van der Waals surface area contributed by atoms with Gasteiger partial charge in [-0.2, -0.15) is 0 Å². The number of aromatic nitrogens is 1. The van der Waals surface area contributed by atoms with Gasteiger partial charge in [-0.1, -0.05) is 180 Å². The number of carbonyl (C=O) groups excluding carboxylic acids is 13. The van der Waals surface area contributed by atoms with Gasteiger partial charge in [0.05, 0.1) is 30.8 Å². The van der Waals surface area contributed by atoms with Gasteiger partial charge in [0.1, 0.15) is 84.9 Å². The van der Waals surface area contributed by atoms with Crippen molar-refractivity contribution in [2.75, 3.05) is 44.2 Å². The summed E-state index contributed by atoms with van der Waals surface area (Å²) < 4.78 is 13.4. The van der Waals surface area contributed by atoms with Crippen LogP contribution in [0.5, 0.6) is 5.75 Å². The largest absolute Gasteiger partial charge is 0.508 e. The van der Waals surface area contributed by atoms with Crippen LogP contribution >= 0.6 is 21.6 Å². The lowest BCUT2D eigenvalue weighted by molar-refractivity contribution is -0.671. The fraction of sp³-hybridized carbons (Fsp3) is 0.604. The van der Waals surface area contributed by atoms with E-state index in [1.165, 1.54) is 74.5 Å². The molecule has 21 atom stereocenters. The Bertz CT molecular complexity index is 5250. The number of amides is 11. The number of aryl methyl sites for hydroxylation is 1. The maximum Gasteiger partial charge on any atom is 0.407 e. The summed E-state index contributed by atoms with van der Waals surface area (Å²) in [5, 5.41) is 55.6. The van der Waals surface area contributed by atoms with E-state index in [1.807, 2.05) is 60.7 Å². The number of nitrogens with zero attached hydrogens (tertiary/aromatic N) is 3. The molecule has 3 saturated heterocycles. The Hall–Kier alpha value is -10.6. The van der Waals surface area contributed by atoms with Gasteiger partial charge >= 0.3 is 12.1 Å². The van der Waals surface area contributed by atoms with Crippen molar-refractivity contribution in [1.29, 1.82) is 0 Å². The van der Waals surface area contributed by atoms with E-state index >= 15 is 38.4 Å². The number of rotatable bonds is 30. The van der Waals surface area contributed by atoms with Gasteiger partial charge in [-0.05, 0) is 228 Å². The highest BCUT2D eigenvalue weighted by Gasteiger charge is 2.60. The summed E-state index contributed by atoms with van der Waals surface area (Å²) >= 11 is 0. The monoisotopic (exact) mass is 1960 g/mol. The highest BCUT2D eigenvalue weighted by molar-refractivity contribution is 8.76. The number of phenols is 1. The van der Waals surface area contributed by atoms with Gasteiger partial charge in [0, 0.05) is 65.2 Å². The number of Topliss-reactive ketones (excluding diaryl/α,β-unsaturated/α-hetero) is 1. The number of ketones is 1. The number of pyridine rings is 1. The van der Waals surface area contributed by atoms with Crippen LogP contribution in [0, 0.1) is 58.2 Å². The molecular formula is C106H151N14O17S2+. The highest BCUT2D eigenvalue weighted by atomic mass is 33.1. The molecule has 139 heavy (non-hydrogen) atoms. The van der Waals surface area contributed by atoms with Crippen molar-refractivity contribution < 1.29 is 89.4 Å². The van der Waals surface area contributed by atoms with Crippen LogP contribution in [0.4, 0.5) is 4.79 Å². The van der Waals surface area contributed by atoms with E-state index in [4.69, 9.17) is 9.47 Å². The predicted octanol–water partition coefficient (Wildman–Crippen LogP) is 10.0. The molecule has 33 heteroatoms. The summed E-state index contributed by atoms with van der Waals surface area (Å²) in [5.74, 6) is -6.91. The first-order valence-electron chi connectivity index (χ1n) is 50.4. The van der Waals surface area contributed by atoms with Gasteiger partial charge in [-0.3, -0.25) is 62.9 Å². The molecule has 758 valence electrons. The van der Waals surface area contributed by atoms with Crippen molar-refractivity contribution in [1.82, 2.24) is 68.3 Å². The van der Waals surface area contributed by atoms with Crippen LogP contribution < -0.4 is 63.1 Å². The van der Waals surface area contributed by atoms with Gasteiger partial charge in [-0.15, -0.1) is 0 Å². The number of unbranched alkanes of at least 4 members (excludes halogenated alkanes) is 1. The van der Waals surface area contributed by atoms with Crippen LogP contribution in [0.3, 0.4) is 0 Å². The van der Waals surface area contributed by atoms with Crippen LogP contribution in [-0.2, 0) is 82.1 Å². The zero-order valence-electron chi connectivity index (χ0n) is 82.7. The predicted molar refractivity (Wildman–Crippen MR) is 537 cm³/mol. The number of alkyl carbamates (subject to hydrolysis) is 1. The zero-order valence-corrected chi connectivity index (χ0v) is 84.4. The van der Waals surface area contributed by atoms with E-state index in [2.05, 4.69) is 99.2 Å². The Morgan fingerprint density at radius 1 is 0.691 bits per heavy atom. The summed E-state index contributed by atoms with van der Waals surface area (Å²) in [4.78, 5) is 198. The average molecular weight is 1960 g/mol. The molecule has 5 heterocycles. The highest BCUT2D eigenvalue weighted by Crippen LogP contribution is 2.67. The molecule has 3 aromatic carbocycles. The van der Waals surface area contributed by atoms with Gasteiger partial charge in [0.15, 0.2) is 18.2 Å². The Balaban J connectivity index is 0.00000950. The van der Waals surface area contributed by atoms with Crippen molar-refractivity contribution in [2.24, 2.45) is 65.2 Å². The Kier molecular flexibility index (Phi) is 36.3. The molecule has 0 spiro atoms. The second-order valence-electron chi connectivity index (χ2n) is 42.3. The molecule has 0 radical (unpaired) electrons.